The topological polar surface area (TPSA) is 45.2 Å². The number of pyridine rings is 1. The quantitative estimate of drug-likeness (QED) is 0.663. The Labute approximate surface area is 89.5 Å². The smallest absolute Gasteiger partial charge is 0.0868 e. The molecule has 1 unspecified atom stereocenters. The fourth-order valence-electron chi connectivity index (χ4n) is 2.98. The molecule has 1 saturated heterocycles. The van der Waals surface area contributed by atoms with E-state index in [2.05, 4.69) is 10.3 Å². The lowest BCUT2D eigenvalue weighted by atomic mass is 9.75. The Hall–Kier alpha value is -0.930. The van der Waals surface area contributed by atoms with Gasteiger partial charge in [0, 0.05) is 22.9 Å². The molecule has 0 radical (unpaired) electrons. The van der Waals surface area contributed by atoms with Gasteiger partial charge < -0.3 is 10.4 Å². The van der Waals surface area contributed by atoms with Crippen LogP contribution in [0.5, 0.6) is 0 Å². The SMILES string of the molecule is OC1c2cccnc2CC12CCNCC2. The highest BCUT2D eigenvalue weighted by atomic mass is 16.3. The van der Waals surface area contributed by atoms with Gasteiger partial charge in [-0.3, -0.25) is 4.98 Å². The second-order valence-corrected chi connectivity index (χ2v) is 4.73. The molecule has 1 fully saturated rings. The third kappa shape index (κ3) is 1.30. The van der Waals surface area contributed by atoms with Crippen molar-refractivity contribution >= 4 is 0 Å². The van der Waals surface area contributed by atoms with Gasteiger partial charge in [0.05, 0.1) is 6.10 Å². The molecular formula is C12H16N2O. The molecule has 0 saturated carbocycles. The first-order chi connectivity index (χ1) is 7.32. The van der Waals surface area contributed by atoms with E-state index in [0.717, 1.165) is 43.6 Å². The average molecular weight is 204 g/mol. The maximum atomic E-state index is 10.4. The van der Waals surface area contributed by atoms with E-state index in [1.54, 1.807) is 0 Å². The van der Waals surface area contributed by atoms with E-state index in [1.807, 2.05) is 18.3 Å². The lowest BCUT2D eigenvalue weighted by Crippen LogP contribution is -2.39. The second kappa shape index (κ2) is 3.29. The van der Waals surface area contributed by atoms with E-state index in [-0.39, 0.29) is 11.5 Å². The summed E-state index contributed by atoms with van der Waals surface area (Å²) in [4.78, 5) is 4.38. The second-order valence-electron chi connectivity index (χ2n) is 4.73. The maximum Gasteiger partial charge on any atom is 0.0868 e. The Bertz CT molecular complexity index is 372. The molecule has 3 nitrogen and oxygen atoms in total. The Balaban J connectivity index is 1.98. The zero-order valence-corrected chi connectivity index (χ0v) is 8.74. The highest BCUT2D eigenvalue weighted by Gasteiger charge is 2.46. The average Bonchev–Trinajstić information content (AvgIpc) is 2.54. The number of aliphatic hydroxyl groups is 1. The highest BCUT2D eigenvalue weighted by Crippen LogP contribution is 2.50. The fourth-order valence-corrected chi connectivity index (χ4v) is 2.98. The van der Waals surface area contributed by atoms with Crippen LogP contribution < -0.4 is 5.32 Å². The normalized spacial score (nSPS) is 27.9. The molecular weight excluding hydrogens is 188 g/mol. The molecule has 0 bridgehead atoms. The largest absolute Gasteiger partial charge is 0.388 e. The van der Waals surface area contributed by atoms with Crippen molar-refractivity contribution in [2.24, 2.45) is 5.41 Å². The molecule has 2 heterocycles. The van der Waals surface area contributed by atoms with Gasteiger partial charge in [-0.1, -0.05) is 6.07 Å². The van der Waals surface area contributed by atoms with Crippen LogP contribution in [0, 0.1) is 5.41 Å². The van der Waals surface area contributed by atoms with E-state index >= 15 is 0 Å². The van der Waals surface area contributed by atoms with E-state index in [4.69, 9.17) is 0 Å². The van der Waals surface area contributed by atoms with Crippen molar-refractivity contribution in [3.63, 3.8) is 0 Å². The number of hydrogen-bond donors (Lipinski definition) is 2. The number of nitrogens with one attached hydrogen (secondary N) is 1. The molecule has 1 atom stereocenters. The first-order valence-electron chi connectivity index (χ1n) is 5.64. The monoisotopic (exact) mass is 204 g/mol. The van der Waals surface area contributed by atoms with Crippen molar-refractivity contribution in [3.05, 3.63) is 29.6 Å². The highest BCUT2D eigenvalue weighted by molar-refractivity contribution is 5.32. The summed E-state index contributed by atoms with van der Waals surface area (Å²) < 4.78 is 0. The van der Waals surface area contributed by atoms with Gasteiger partial charge in [-0.15, -0.1) is 0 Å². The van der Waals surface area contributed by atoms with Crippen LogP contribution in [0.25, 0.3) is 0 Å². The van der Waals surface area contributed by atoms with Crippen LogP contribution in [-0.4, -0.2) is 23.2 Å². The summed E-state index contributed by atoms with van der Waals surface area (Å²) in [5.74, 6) is 0. The number of aromatic nitrogens is 1. The molecule has 2 aliphatic rings. The van der Waals surface area contributed by atoms with Crippen molar-refractivity contribution in [3.8, 4) is 0 Å². The van der Waals surface area contributed by atoms with Crippen molar-refractivity contribution < 1.29 is 5.11 Å². The molecule has 1 aliphatic heterocycles. The number of piperidine rings is 1. The summed E-state index contributed by atoms with van der Waals surface area (Å²) in [6, 6.07) is 3.94. The number of rotatable bonds is 0. The molecule has 3 rings (SSSR count). The van der Waals surface area contributed by atoms with Crippen LogP contribution in [0.1, 0.15) is 30.2 Å². The molecule has 15 heavy (non-hydrogen) atoms. The molecule has 1 aromatic heterocycles. The summed E-state index contributed by atoms with van der Waals surface area (Å²) in [6.45, 7) is 2.04. The standard InChI is InChI=1S/C12H16N2O/c15-11-9-2-1-5-14-10(9)8-12(11)3-6-13-7-4-12/h1-2,5,11,13,15H,3-4,6-8H2. The molecule has 1 spiro atoms. The lowest BCUT2D eigenvalue weighted by Gasteiger charge is -2.36. The number of hydrogen-bond acceptors (Lipinski definition) is 3. The van der Waals surface area contributed by atoms with Crippen molar-refractivity contribution in [2.45, 2.75) is 25.4 Å². The van der Waals surface area contributed by atoms with Gasteiger partial charge >= 0.3 is 0 Å². The van der Waals surface area contributed by atoms with Gasteiger partial charge in [-0.05, 0) is 38.4 Å². The minimum atomic E-state index is -0.303. The Morgan fingerprint density at radius 1 is 1.40 bits per heavy atom. The number of nitrogens with zero attached hydrogens (tertiary/aromatic N) is 1. The molecule has 80 valence electrons. The van der Waals surface area contributed by atoms with Crippen LogP contribution in [0.4, 0.5) is 0 Å². The summed E-state index contributed by atoms with van der Waals surface area (Å²) in [7, 11) is 0. The first kappa shape index (κ1) is 9.31. The summed E-state index contributed by atoms with van der Waals surface area (Å²) >= 11 is 0. The van der Waals surface area contributed by atoms with Gasteiger partial charge in [0.2, 0.25) is 0 Å². The first-order valence-corrected chi connectivity index (χ1v) is 5.64. The van der Waals surface area contributed by atoms with Crippen molar-refractivity contribution in [2.75, 3.05) is 13.1 Å². The fraction of sp³-hybridized carbons (Fsp3) is 0.583. The minimum absolute atomic E-state index is 0.0714. The molecule has 0 aromatic carbocycles. The summed E-state index contributed by atoms with van der Waals surface area (Å²) in [6.07, 6.45) is 4.59. The van der Waals surface area contributed by atoms with Gasteiger partial charge in [-0.25, -0.2) is 0 Å². The third-order valence-electron chi connectivity index (χ3n) is 3.92. The van der Waals surface area contributed by atoms with Gasteiger partial charge in [0.25, 0.3) is 0 Å². The molecule has 3 heteroatoms. The van der Waals surface area contributed by atoms with Crippen LogP contribution in [-0.2, 0) is 6.42 Å². The van der Waals surface area contributed by atoms with E-state index in [1.165, 1.54) is 0 Å². The van der Waals surface area contributed by atoms with Gasteiger partial charge in [-0.2, -0.15) is 0 Å². The Kier molecular flexibility index (Phi) is 2.04. The van der Waals surface area contributed by atoms with Crippen molar-refractivity contribution in [1.82, 2.24) is 10.3 Å². The predicted molar refractivity (Wildman–Crippen MR) is 57.4 cm³/mol. The van der Waals surface area contributed by atoms with E-state index in [9.17, 15) is 5.11 Å². The minimum Gasteiger partial charge on any atom is -0.388 e. The van der Waals surface area contributed by atoms with E-state index < -0.39 is 0 Å². The zero-order valence-electron chi connectivity index (χ0n) is 8.74. The summed E-state index contributed by atoms with van der Waals surface area (Å²) in [5.41, 5.74) is 2.23. The zero-order chi connectivity index (χ0) is 10.3. The van der Waals surface area contributed by atoms with Crippen LogP contribution in [0.2, 0.25) is 0 Å². The molecule has 0 amide bonds. The summed E-state index contributed by atoms with van der Waals surface area (Å²) in [5, 5.41) is 13.7. The van der Waals surface area contributed by atoms with Gasteiger partial charge in [0.15, 0.2) is 0 Å². The van der Waals surface area contributed by atoms with Crippen LogP contribution in [0.15, 0.2) is 18.3 Å². The van der Waals surface area contributed by atoms with E-state index in [0.29, 0.717) is 0 Å². The number of aliphatic hydroxyl groups excluding tert-OH is 1. The lowest BCUT2D eigenvalue weighted by molar-refractivity contribution is 0.0149. The number of fused-ring (bicyclic) bond motifs is 1. The van der Waals surface area contributed by atoms with Crippen molar-refractivity contribution in [1.29, 1.82) is 0 Å². The molecule has 1 aromatic rings. The molecule has 2 N–H and O–H groups in total. The Morgan fingerprint density at radius 3 is 2.93 bits per heavy atom. The van der Waals surface area contributed by atoms with Gasteiger partial charge in [0.1, 0.15) is 0 Å². The maximum absolute atomic E-state index is 10.4. The molecule has 1 aliphatic carbocycles. The predicted octanol–water partition coefficient (Wildman–Crippen LogP) is 1.04. The third-order valence-corrected chi connectivity index (χ3v) is 3.92. The van der Waals surface area contributed by atoms with Crippen LogP contribution >= 0.6 is 0 Å². The van der Waals surface area contributed by atoms with Crippen LogP contribution in [0.3, 0.4) is 0 Å². The Morgan fingerprint density at radius 2 is 2.20 bits per heavy atom.